The van der Waals surface area contributed by atoms with E-state index in [4.69, 9.17) is 0 Å². The van der Waals surface area contributed by atoms with Gasteiger partial charge in [0.25, 0.3) is 0 Å². The number of unbranched alkanes of at least 4 members (excludes halogenated alkanes) is 4. The molecule has 1 aromatic heterocycles. The Bertz CT molecular complexity index is 742. The molecule has 0 saturated carbocycles. The smallest absolute Gasteiger partial charge is 0.234 e. The van der Waals surface area contributed by atoms with Gasteiger partial charge in [-0.3, -0.25) is 4.79 Å². The van der Waals surface area contributed by atoms with Crippen molar-refractivity contribution in [3.8, 4) is 0 Å². The van der Waals surface area contributed by atoms with Crippen LogP contribution in [0.15, 0.2) is 23.4 Å². The van der Waals surface area contributed by atoms with E-state index in [1.165, 1.54) is 43.0 Å². The first-order valence-electron chi connectivity index (χ1n) is 9.97. The lowest BCUT2D eigenvalue weighted by Crippen LogP contribution is -2.15. The van der Waals surface area contributed by atoms with Gasteiger partial charge >= 0.3 is 0 Å². The predicted molar refractivity (Wildman–Crippen MR) is 113 cm³/mol. The average molecular weight is 389 g/mol. The molecule has 1 amide bonds. The van der Waals surface area contributed by atoms with E-state index in [0.717, 1.165) is 41.6 Å². The first-order valence-corrected chi connectivity index (χ1v) is 11.0. The Hall–Kier alpha value is -1.82. The number of carbonyl (C=O) groups excluding carboxylic acids is 1. The van der Waals surface area contributed by atoms with Crippen molar-refractivity contribution < 1.29 is 4.79 Å². The van der Waals surface area contributed by atoms with E-state index in [1.807, 2.05) is 26.0 Å². The fourth-order valence-corrected chi connectivity index (χ4v) is 3.91. The van der Waals surface area contributed by atoms with Gasteiger partial charge in [0.15, 0.2) is 5.16 Å². The Morgan fingerprint density at radius 3 is 2.59 bits per heavy atom. The summed E-state index contributed by atoms with van der Waals surface area (Å²) in [5, 5.41) is 12.5. The number of nitrogens with one attached hydrogen (secondary N) is 1. The molecule has 0 spiro atoms. The second-order valence-electron chi connectivity index (χ2n) is 6.96. The van der Waals surface area contributed by atoms with E-state index < -0.39 is 0 Å². The van der Waals surface area contributed by atoms with Crippen LogP contribution in [0.2, 0.25) is 0 Å². The predicted octanol–water partition coefficient (Wildman–Crippen LogP) is 5.16. The molecule has 0 fully saturated rings. The van der Waals surface area contributed by atoms with Crippen molar-refractivity contribution in [2.24, 2.45) is 0 Å². The summed E-state index contributed by atoms with van der Waals surface area (Å²) in [5.41, 5.74) is 3.14. The minimum absolute atomic E-state index is 0.0151. The second-order valence-corrected chi connectivity index (χ2v) is 7.91. The van der Waals surface area contributed by atoms with Gasteiger partial charge in [-0.25, -0.2) is 0 Å². The standard InChI is InChI=1S/C21H32N4OS/c1-5-7-8-9-10-11-19-23-24-21(25(19)6-2)27-15-20(26)22-18-13-12-16(3)14-17(18)4/h12-14H,5-11,15H2,1-4H3,(H,22,26). The highest BCUT2D eigenvalue weighted by atomic mass is 32.2. The molecule has 0 unspecified atom stereocenters. The van der Waals surface area contributed by atoms with Gasteiger partial charge < -0.3 is 9.88 Å². The number of carbonyl (C=O) groups is 1. The van der Waals surface area contributed by atoms with Crippen LogP contribution >= 0.6 is 11.8 Å². The van der Waals surface area contributed by atoms with Gasteiger partial charge in [0.2, 0.25) is 5.91 Å². The van der Waals surface area contributed by atoms with E-state index in [-0.39, 0.29) is 5.91 Å². The minimum Gasteiger partial charge on any atom is -0.325 e. The highest BCUT2D eigenvalue weighted by Gasteiger charge is 2.13. The summed E-state index contributed by atoms with van der Waals surface area (Å²) >= 11 is 1.45. The summed E-state index contributed by atoms with van der Waals surface area (Å²) in [6, 6.07) is 6.04. The number of aromatic nitrogens is 3. The van der Waals surface area contributed by atoms with E-state index in [1.54, 1.807) is 0 Å². The first kappa shape index (κ1) is 21.5. The molecule has 2 aromatic rings. The quantitative estimate of drug-likeness (QED) is 0.427. The summed E-state index contributed by atoms with van der Waals surface area (Å²) in [4.78, 5) is 12.3. The first-order chi connectivity index (χ1) is 13.0. The minimum atomic E-state index is -0.0151. The van der Waals surface area contributed by atoms with Gasteiger partial charge in [-0.05, 0) is 38.8 Å². The molecule has 27 heavy (non-hydrogen) atoms. The number of hydrogen-bond acceptors (Lipinski definition) is 4. The number of amides is 1. The van der Waals surface area contributed by atoms with Crippen LogP contribution in [0, 0.1) is 13.8 Å². The van der Waals surface area contributed by atoms with Crippen molar-refractivity contribution in [3.05, 3.63) is 35.2 Å². The topological polar surface area (TPSA) is 59.8 Å². The molecule has 0 atom stereocenters. The molecule has 148 valence electrons. The van der Waals surface area contributed by atoms with Crippen molar-refractivity contribution in [2.45, 2.75) is 77.9 Å². The van der Waals surface area contributed by atoms with E-state index in [0.29, 0.717) is 5.75 Å². The van der Waals surface area contributed by atoms with Crippen LogP contribution in [-0.4, -0.2) is 26.4 Å². The van der Waals surface area contributed by atoms with Crippen molar-refractivity contribution in [2.75, 3.05) is 11.1 Å². The van der Waals surface area contributed by atoms with Gasteiger partial charge in [-0.2, -0.15) is 0 Å². The molecule has 1 heterocycles. The monoisotopic (exact) mass is 388 g/mol. The molecule has 1 aromatic carbocycles. The summed E-state index contributed by atoms with van der Waals surface area (Å²) in [5.74, 6) is 1.35. The lowest BCUT2D eigenvalue weighted by Gasteiger charge is -2.10. The number of rotatable bonds is 11. The van der Waals surface area contributed by atoms with Gasteiger partial charge in [0.1, 0.15) is 5.82 Å². The van der Waals surface area contributed by atoms with Crippen molar-refractivity contribution in [3.63, 3.8) is 0 Å². The third-order valence-electron chi connectivity index (χ3n) is 4.60. The fraction of sp³-hybridized carbons (Fsp3) is 0.571. The number of anilines is 1. The zero-order valence-corrected chi connectivity index (χ0v) is 17.9. The van der Waals surface area contributed by atoms with Gasteiger partial charge in [0.05, 0.1) is 5.75 Å². The number of nitrogens with zero attached hydrogens (tertiary/aromatic N) is 3. The van der Waals surface area contributed by atoms with Crippen molar-refractivity contribution >= 4 is 23.4 Å². The number of benzene rings is 1. The summed E-state index contributed by atoms with van der Waals surface area (Å²) in [6.07, 6.45) is 7.20. The molecule has 5 nitrogen and oxygen atoms in total. The van der Waals surface area contributed by atoms with Crippen molar-refractivity contribution in [1.29, 1.82) is 0 Å². The van der Waals surface area contributed by atoms with Crippen LogP contribution in [0.25, 0.3) is 0 Å². The van der Waals surface area contributed by atoms with E-state index >= 15 is 0 Å². The molecule has 0 aliphatic carbocycles. The average Bonchev–Trinajstić information content (AvgIpc) is 3.04. The third-order valence-corrected chi connectivity index (χ3v) is 5.57. The molecule has 0 radical (unpaired) electrons. The Morgan fingerprint density at radius 1 is 1.11 bits per heavy atom. The van der Waals surface area contributed by atoms with Crippen molar-refractivity contribution in [1.82, 2.24) is 14.8 Å². The Balaban J connectivity index is 1.86. The van der Waals surface area contributed by atoms with Crippen LogP contribution in [0.3, 0.4) is 0 Å². The zero-order chi connectivity index (χ0) is 19.6. The van der Waals surface area contributed by atoms with Crippen LogP contribution in [0.4, 0.5) is 5.69 Å². The van der Waals surface area contributed by atoms with Gasteiger partial charge in [-0.15, -0.1) is 10.2 Å². The second kappa shape index (κ2) is 11.1. The summed E-state index contributed by atoms with van der Waals surface area (Å²) in [6.45, 7) is 9.22. The fourth-order valence-electron chi connectivity index (χ4n) is 3.09. The molecule has 0 aliphatic heterocycles. The third kappa shape index (κ3) is 6.69. The Morgan fingerprint density at radius 2 is 1.89 bits per heavy atom. The molecular weight excluding hydrogens is 356 g/mol. The molecule has 6 heteroatoms. The maximum atomic E-state index is 12.3. The van der Waals surface area contributed by atoms with Crippen LogP contribution in [0.1, 0.15) is 62.9 Å². The zero-order valence-electron chi connectivity index (χ0n) is 17.0. The van der Waals surface area contributed by atoms with Crippen LogP contribution in [-0.2, 0) is 17.8 Å². The maximum absolute atomic E-state index is 12.3. The largest absolute Gasteiger partial charge is 0.325 e. The summed E-state index contributed by atoms with van der Waals surface area (Å²) < 4.78 is 2.13. The Kier molecular flexibility index (Phi) is 8.85. The number of thioether (sulfide) groups is 1. The number of aryl methyl sites for hydroxylation is 3. The molecule has 1 N–H and O–H groups in total. The van der Waals surface area contributed by atoms with E-state index in [2.05, 4.69) is 40.0 Å². The number of hydrogen-bond donors (Lipinski definition) is 1. The molecule has 0 saturated heterocycles. The van der Waals surface area contributed by atoms with E-state index in [9.17, 15) is 4.79 Å². The molecule has 2 rings (SSSR count). The highest BCUT2D eigenvalue weighted by molar-refractivity contribution is 7.99. The lowest BCUT2D eigenvalue weighted by molar-refractivity contribution is -0.113. The maximum Gasteiger partial charge on any atom is 0.234 e. The lowest BCUT2D eigenvalue weighted by atomic mass is 10.1. The Labute approximate surface area is 167 Å². The van der Waals surface area contributed by atoms with Gasteiger partial charge in [-0.1, -0.05) is 62.1 Å². The highest BCUT2D eigenvalue weighted by Crippen LogP contribution is 2.20. The SMILES string of the molecule is CCCCCCCc1nnc(SCC(=O)Nc2ccc(C)cc2C)n1CC. The molecule has 0 bridgehead atoms. The van der Waals surface area contributed by atoms with Crippen LogP contribution < -0.4 is 5.32 Å². The molecular formula is C21H32N4OS. The normalized spacial score (nSPS) is 11.0. The van der Waals surface area contributed by atoms with Gasteiger partial charge in [0, 0.05) is 18.7 Å². The molecule has 0 aliphatic rings. The van der Waals surface area contributed by atoms with Crippen LogP contribution in [0.5, 0.6) is 0 Å². The summed E-state index contributed by atoms with van der Waals surface area (Å²) in [7, 11) is 0.